The summed E-state index contributed by atoms with van der Waals surface area (Å²) in [6.07, 6.45) is -2.94. The number of hydrogen-bond donors (Lipinski definition) is 0. The SMILES string of the molecule is [2H]C([2H])([2H])C([2H])([2H])c1nc(C([2H])(C([2H])([2H])[2H])C([2H])([2H])[2H])sc1Br. The van der Waals surface area contributed by atoms with Gasteiger partial charge in [-0.25, -0.2) is 4.98 Å². The molecule has 0 aromatic carbocycles. The highest BCUT2D eigenvalue weighted by atomic mass is 79.9. The van der Waals surface area contributed by atoms with E-state index in [0.29, 0.717) is 11.3 Å². The monoisotopic (exact) mass is 245 g/mol. The van der Waals surface area contributed by atoms with E-state index in [2.05, 4.69) is 20.9 Å². The third kappa shape index (κ3) is 2.03. The largest absolute Gasteiger partial charge is 0.245 e. The molecule has 0 N–H and O–H groups in total. The average molecular weight is 246 g/mol. The van der Waals surface area contributed by atoms with Gasteiger partial charge >= 0.3 is 0 Å². The number of nitrogens with zero attached hydrogens (tertiary/aromatic N) is 1. The van der Waals surface area contributed by atoms with Gasteiger partial charge in [0, 0.05) is 22.3 Å². The van der Waals surface area contributed by atoms with Gasteiger partial charge in [-0.15, -0.1) is 11.3 Å². The summed E-state index contributed by atoms with van der Waals surface area (Å²) in [5.74, 6) is -3.10. The number of halogens is 1. The first-order valence-electron chi connectivity index (χ1n) is 8.54. The van der Waals surface area contributed by atoms with E-state index < -0.39 is 43.5 Å². The number of hydrogen-bond acceptors (Lipinski definition) is 2. The molecule has 62 valence electrons. The average Bonchev–Trinajstić information content (AvgIpc) is 2.66. The van der Waals surface area contributed by atoms with Crippen molar-refractivity contribution in [3.05, 3.63) is 14.5 Å². The number of aryl methyl sites for hydroxylation is 1. The molecule has 0 aliphatic rings. The third-order valence-corrected chi connectivity index (χ3v) is 2.64. The van der Waals surface area contributed by atoms with Gasteiger partial charge in [0.15, 0.2) is 0 Å². The second-order valence-corrected chi connectivity index (χ2v) is 3.96. The summed E-state index contributed by atoms with van der Waals surface area (Å²) >= 11 is 3.31. The fourth-order valence-corrected chi connectivity index (χ4v) is 1.74. The van der Waals surface area contributed by atoms with E-state index in [-0.39, 0.29) is 3.79 Å². The summed E-state index contributed by atoms with van der Waals surface area (Å²) in [6.45, 7) is -9.66. The zero-order valence-corrected chi connectivity index (χ0v) is 7.64. The lowest BCUT2D eigenvalue weighted by Gasteiger charge is -1.95. The lowest BCUT2D eigenvalue weighted by atomic mass is 10.2. The van der Waals surface area contributed by atoms with Crippen LogP contribution >= 0.6 is 27.3 Å². The predicted molar refractivity (Wildman–Crippen MR) is 53.3 cm³/mol. The van der Waals surface area contributed by atoms with Crippen molar-refractivity contribution in [2.75, 3.05) is 0 Å². The molecule has 1 heterocycles. The normalized spacial score (nSPS) is 32.8. The van der Waals surface area contributed by atoms with Crippen molar-refractivity contribution in [3.63, 3.8) is 0 Å². The summed E-state index contributed by atoms with van der Waals surface area (Å²) < 4.78 is 89.0. The molecule has 0 aliphatic carbocycles. The van der Waals surface area contributed by atoms with Crippen LogP contribution < -0.4 is 0 Å². The minimum Gasteiger partial charge on any atom is -0.245 e. The van der Waals surface area contributed by atoms with E-state index in [0.717, 1.165) is 0 Å². The molecule has 1 aromatic rings. The lowest BCUT2D eigenvalue weighted by molar-refractivity contribution is 0.839. The Kier molecular flexibility index (Phi) is 0.710. The van der Waals surface area contributed by atoms with Gasteiger partial charge in [-0.1, -0.05) is 20.6 Å². The van der Waals surface area contributed by atoms with Gasteiger partial charge in [-0.05, 0) is 22.3 Å². The quantitative estimate of drug-likeness (QED) is 0.777. The van der Waals surface area contributed by atoms with Crippen molar-refractivity contribution in [2.45, 2.75) is 32.8 Å². The maximum absolute atomic E-state index is 7.97. The maximum Gasteiger partial charge on any atom is 0.0965 e. The first kappa shape index (κ1) is 2.13. The highest BCUT2D eigenvalue weighted by Gasteiger charge is 2.09. The second kappa shape index (κ2) is 3.68. The van der Waals surface area contributed by atoms with Crippen LogP contribution in [-0.4, -0.2) is 4.98 Å². The Morgan fingerprint density at radius 1 is 1.91 bits per heavy atom. The lowest BCUT2D eigenvalue weighted by Crippen LogP contribution is -1.86. The molecule has 0 atom stereocenters. The van der Waals surface area contributed by atoms with Gasteiger partial charge in [-0.3, -0.25) is 0 Å². The second-order valence-electron chi connectivity index (χ2n) is 1.64. The van der Waals surface area contributed by atoms with Crippen LogP contribution in [0.4, 0.5) is 0 Å². The Morgan fingerprint density at radius 2 is 2.73 bits per heavy atom. The van der Waals surface area contributed by atoms with Crippen LogP contribution in [0.3, 0.4) is 0 Å². The van der Waals surface area contributed by atoms with Crippen LogP contribution in [0, 0.1) is 0 Å². The van der Waals surface area contributed by atoms with E-state index >= 15 is 0 Å². The molecule has 0 saturated carbocycles. The Labute approximate surface area is 96.8 Å². The maximum atomic E-state index is 7.97. The summed E-state index contributed by atoms with van der Waals surface area (Å²) in [5, 5.41) is -0.701. The van der Waals surface area contributed by atoms with Gasteiger partial charge in [0.25, 0.3) is 0 Å². The van der Waals surface area contributed by atoms with E-state index in [1.54, 1.807) is 0 Å². The minimum absolute atomic E-state index is 0.168. The highest BCUT2D eigenvalue weighted by molar-refractivity contribution is 9.11. The number of thiazole rings is 1. The van der Waals surface area contributed by atoms with Crippen LogP contribution in [0.25, 0.3) is 0 Å². The van der Waals surface area contributed by atoms with Crippen LogP contribution in [-0.2, 0) is 6.37 Å². The molecule has 0 saturated heterocycles. The molecule has 1 nitrogen and oxygen atoms in total. The Balaban J connectivity index is 3.62. The van der Waals surface area contributed by atoms with Gasteiger partial charge in [-0.2, -0.15) is 0 Å². The standard InChI is InChI=1S/C8H12BrNS/c1-4-6-7(9)11-8(10-6)5(2)3/h5H,4H2,1-3H3/i1D3,2D3,3D3,4D2,5D. The molecule has 0 amide bonds. The summed E-state index contributed by atoms with van der Waals surface area (Å²) in [5.41, 5.74) is -0.650. The zero-order chi connectivity index (χ0) is 18.6. The topological polar surface area (TPSA) is 12.9 Å². The van der Waals surface area contributed by atoms with Crippen LogP contribution in [0.5, 0.6) is 0 Å². The summed E-state index contributed by atoms with van der Waals surface area (Å²) in [4.78, 5) is 3.58. The fraction of sp³-hybridized carbons (Fsp3) is 0.625. The smallest absolute Gasteiger partial charge is 0.0965 e. The van der Waals surface area contributed by atoms with Crippen molar-refractivity contribution in [1.29, 1.82) is 0 Å². The highest BCUT2D eigenvalue weighted by Crippen LogP contribution is 2.29. The molecule has 0 fully saturated rings. The Bertz CT molecular complexity index is 567. The molecule has 11 heavy (non-hydrogen) atoms. The number of aromatic nitrogens is 1. The van der Waals surface area contributed by atoms with E-state index in [9.17, 15) is 0 Å². The van der Waals surface area contributed by atoms with E-state index in [1.165, 1.54) is 0 Å². The molecule has 0 aliphatic heterocycles. The van der Waals surface area contributed by atoms with Crippen molar-refractivity contribution in [1.82, 2.24) is 4.98 Å². The van der Waals surface area contributed by atoms with Crippen molar-refractivity contribution < 1.29 is 16.4 Å². The molecule has 3 heteroatoms. The molecular formula is C8H12BrNS. The molecule has 0 radical (unpaired) electrons. The van der Waals surface area contributed by atoms with Crippen LogP contribution in [0.1, 0.15) is 53.6 Å². The Morgan fingerprint density at radius 3 is 3.36 bits per heavy atom. The third-order valence-electron chi connectivity index (χ3n) is 0.918. The van der Waals surface area contributed by atoms with Gasteiger partial charge in [0.1, 0.15) is 0 Å². The fourth-order valence-electron chi connectivity index (χ4n) is 0.486. The first-order chi connectivity index (χ1) is 9.87. The first-order valence-corrected chi connectivity index (χ1v) is 4.15. The molecule has 1 rings (SSSR count). The van der Waals surface area contributed by atoms with Crippen molar-refractivity contribution in [3.8, 4) is 0 Å². The van der Waals surface area contributed by atoms with Gasteiger partial charge in [0.2, 0.25) is 0 Å². The zero-order valence-electron chi connectivity index (χ0n) is 17.2. The molecule has 1 aromatic heterocycles. The molecule has 0 bridgehead atoms. The van der Waals surface area contributed by atoms with E-state index in [1.807, 2.05) is 0 Å². The van der Waals surface area contributed by atoms with Crippen LogP contribution in [0.15, 0.2) is 3.79 Å². The van der Waals surface area contributed by atoms with Crippen molar-refractivity contribution in [2.24, 2.45) is 0 Å². The summed E-state index contributed by atoms with van der Waals surface area (Å²) in [7, 11) is 0. The molecular weight excluding hydrogens is 222 g/mol. The van der Waals surface area contributed by atoms with Crippen molar-refractivity contribution >= 4 is 27.3 Å². The van der Waals surface area contributed by atoms with Gasteiger partial charge in [0.05, 0.1) is 14.5 Å². The molecule has 0 unspecified atom stereocenters. The predicted octanol–water partition coefficient (Wildman–Crippen LogP) is 3.59. The van der Waals surface area contributed by atoms with Crippen LogP contribution in [0.2, 0.25) is 0 Å². The number of rotatable bonds is 2. The van der Waals surface area contributed by atoms with Gasteiger partial charge < -0.3 is 0 Å². The molecule has 0 spiro atoms. The minimum atomic E-state index is -3.28. The summed E-state index contributed by atoms with van der Waals surface area (Å²) in [6, 6.07) is 0. The Hall–Kier alpha value is 0.110. The van der Waals surface area contributed by atoms with E-state index in [4.69, 9.17) is 16.4 Å².